The van der Waals surface area contributed by atoms with Crippen molar-refractivity contribution in [2.24, 2.45) is 11.8 Å². The number of nitrogens with one attached hydrogen (secondary N) is 2. The number of carbonyl (C=O) groups excluding carboxylic acids is 2. The number of benzene rings is 1. The highest BCUT2D eigenvalue weighted by atomic mass is 16.7. The number of H-pyrrole nitrogens is 1. The van der Waals surface area contributed by atoms with Gasteiger partial charge in [-0.15, -0.1) is 0 Å². The molecule has 0 aliphatic carbocycles. The zero-order valence-corrected chi connectivity index (χ0v) is 17.0. The number of hydrogen-bond donors (Lipinski definition) is 2. The molecule has 0 bridgehead atoms. The molecule has 2 N–H and O–H groups in total. The number of amides is 1. The van der Waals surface area contributed by atoms with Gasteiger partial charge in [0.1, 0.15) is 5.69 Å². The summed E-state index contributed by atoms with van der Waals surface area (Å²) in [5.74, 6) is 1.64. The fourth-order valence-corrected chi connectivity index (χ4v) is 4.37. The van der Waals surface area contributed by atoms with Gasteiger partial charge in [-0.3, -0.25) is 9.69 Å². The number of anilines is 1. The molecule has 2 atom stereocenters. The first-order valence-corrected chi connectivity index (χ1v) is 10.1. The van der Waals surface area contributed by atoms with Crippen molar-refractivity contribution in [3.63, 3.8) is 0 Å². The first kappa shape index (κ1) is 19.6. The molecule has 0 radical (unpaired) electrons. The van der Waals surface area contributed by atoms with Crippen LogP contribution < -0.4 is 14.8 Å². The third-order valence-corrected chi connectivity index (χ3v) is 5.35. The Morgan fingerprint density at radius 3 is 2.59 bits per heavy atom. The Labute approximate surface area is 169 Å². The summed E-state index contributed by atoms with van der Waals surface area (Å²) in [4.78, 5) is 30.5. The summed E-state index contributed by atoms with van der Waals surface area (Å²) < 4.78 is 16.0. The normalized spacial score (nSPS) is 21.3. The average molecular weight is 401 g/mol. The number of rotatable bonds is 5. The maximum Gasteiger partial charge on any atom is 0.356 e. The van der Waals surface area contributed by atoms with Crippen molar-refractivity contribution in [1.29, 1.82) is 0 Å². The maximum absolute atomic E-state index is 12.8. The average Bonchev–Trinajstić information content (AvgIpc) is 3.23. The number of ether oxygens (including phenoxy) is 3. The van der Waals surface area contributed by atoms with Crippen LogP contribution in [0.4, 0.5) is 5.69 Å². The van der Waals surface area contributed by atoms with Gasteiger partial charge >= 0.3 is 5.97 Å². The summed E-state index contributed by atoms with van der Waals surface area (Å²) in [5.41, 5.74) is 1.31. The van der Waals surface area contributed by atoms with Crippen LogP contribution in [0.1, 0.15) is 37.7 Å². The molecular weight excluding hydrogens is 374 g/mol. The minimum Gasteiger partial charge on any atom is -0.461 e. The summed E-state index contributed by atoms with van der Waals surface area (Å²) in [6, 6.07) is 3.54. The second-order valence-corrected chi connectivity index (χ2v) is 8.03. The fourth-order valence-electron chi connectivity index (χ4n) is 4.37. The van der Waals surface area contributed by atoms with Gasteiger partial charge in [0.05, 0.1) is 24.4 Å². The van der Waals surface area contributed by atoms with E-state index in [9.17, 15) is 9.59 Å². The minimum atomic E-state index is -0.513. The highest BCUT2D eigenvalue weighted by Crippen LogP contribution is 2.40. The number of aromatic amines is 1. The van der Waals surface area contributed by atoms with Gasteiger partial charge in [0, 0.05) is 24.5 Å². The molecule has 156 valence electrons. The lowest BCUT2D eigenvalue weighted by molar-refractivity contribution is -0.117. The third kappa shape index (κ3) is 4.03. The summed E-state index contributed by atoms with van der Waals surface area (Å²) >= 11 is 0. The summed E-state index contributed by atoms with van der Waals surface area (Å²) in [5, 5.41) is 3.62. The van der Waals surface area contributed by atoms with E-state index >= 15 is 0 Å². The van der Waals surface area contributed by atoms with Crippen LogP contribution in [-0.2, 0) is 9.53 Å². The molecule has 1 saturated heterocycles. The molecule has 4 rings (SSSR count). The van der Waals surface area contributed by atoms with E-state index in [1.165, 1.54) is 6.42 Å². The minimum absolute atomic E-state index is 0.152. The topological polar surface area (TPSA) is 92.9 Å². The highest BCUT2D eigenvalue weighted by molar-refractivity contribution is 6.11. The zero-order valence-electron chi connectivity index (χ0n) is 17.0. The largest absolute Gasteiger partial charge is 0.461 e. The standard InChI is InChI=1S/C21H27N3O5/c1-4-27-21(26)20-19(14-6-16-17(29-11-28-16)7-15(14)22-20)23-18(25)10-24-8-12(2)5-13(3)9-24/h6-7,12-13,22H,4-5,8-11H2,1-3H3,(H,23,25)/t12-,13-/m0/s1. The lowest BCUT2D eigenvalue weighted by Gasteiger charge is -2.34. The molecule has 0 spiro atoms. The zero-order chi connectivity index (χ0) is 20.5. The molecule has 29 heavy (non-hydrogen) atoms. The molecule has 2 aromatic rings. The van der Waals surface area contributed by atoms with Crippen molar-refractivity contribution in [2.45, 2.75) is 27.2 Å². The van der Waals surface area contributed by atoms with E-state index in [0.717, 1.165) is 13.1 Å². The van der Waals surface area contributed by atoms with Crippen molar-refractivity contribution >= 4 is 28.5 Å². The van der Waals surface area contributed by atoms with E-state index in [1.54, 1.807) is 19.1 Å². The third-order valence-electron chi connectivity index (χ3n) is 5.35. The van der Waals surface area contributed by atoms with Crippen LogP contribution in [0.2, 0.25) is 0 Å². The number of aromatic nitrogens is 1. The second kappa shape index (κ2) is 7.94. The van der Waals surface area contributed by atoms with Crippen LogP contribution in [-0.4, -0.2) is 54.8 Å². The molecule has 1 aromatic heterocycles. The quantitative estimate of drug-likeness (QED) is 0.749. The van der Waals surface area contributed by atoms with Crippen molar-refractivity contribution in [2.75, 3.05) is 38.4 Å². The molecule has 8 nitrogen and oxygen atoms in total. The van der Waals surface area contributed by atoms with Gasteiger partial charge in [0.2, 0.25) is 12.7 Å². The van der Waals surface area contributed by atoms with Gasteiger partial charge in [0.15, 0.2) is 11.5 Å². The van der Waals surface area contributed by atoms with Gasteiger partial charge in [0.25, 0.3) is 0 Å². The maximum atomic E-state index is 12.8. The van der Waals surface area contributed by atoms with Gasteiger partial charge in [-0.2, -0.15) is 0 Å². The van der Waals surface area contributed by atoms with Crippen molar-refractivity contribution < 1.29 is 23.8 Å². The van der Waals surface area contributed by atoms with Crippen LogP contribution in [0.25, 0.3) is 10.9 Å². The highest BCUT2D eigenvalue weighted by Gasteiger charge is 2.27. The van der Waals surface area contributed by atoms with E-state index in [2.05, 4.69) is 29.0 Å². The lowest BCUT2D eigenvalue weighted by Crippen LogP contribution is -2.42. The Bertz CT molecular complexity index is 928. The van der Waals surface area contributed by atoms with Crippen LogP contribution in [0, 0.1) is 11.8 Å². The Morgan fingerprint density at radius 1 is 1.21 bits per heavy atom. The Balaban J connectivity index is 1.61. The summed E-state index contributed by atoms with van der Waals surface area (Å²) in [6.45, 7) is 8.64. The predicted molar refractivity (Wildman–Crippen MR) is 108 cm³/mol. The van der Waals surface area contributed by atoms with Gasteiger partial charge in [-0.25, -0.2) is 4.79 Å². The smallest absolute Gasteiger partial charge is 0.356 e. The van der Waals surface area contributed by atoms with Crippen molar-refractivity contribution in [3.05, 3.63) is 17.8 Å². The molecule has 2 aliphatic heterocycles. The first-order valence-electron chi connectivity index (χ1n) is 10.1. The van der Waals surface area contributed by atoms with E-state index < -0.39 is 5.97 Å². The van der Waals surface area contributed by atoms with Crippen LogP contribution >= 0.6 is 0 Å². The number of hydrogen-bond acceptors (Lipinski definition) is 6. The van der Waals surface area contributed by atoms with Crippen molar-refractivity contribution in [1.82, 2.24) is 9.88 Å². The second-order valence-electron chi connectivity index (χ2n) is 8.03. The Morgan fingerprint density at radius 2 is 1.90 bits per heavy atom. The Hall–Kier alpha value is -2.74. The summed E-state index contributed by atoms with van der Waals surface area (Å²) in [7, 11) is 0. The molecule has 1 aromatic carbocycles. The van der Waals surface area contributed by atoms with Crippen molar-refractivity contribution in [3.8, 4) is 11.5 Å². The van der Waals surface area contributed by atoms with E-state index in [-0.39, 0.29) is 31.5 Å². The van der Waals surface area contributed by atoms with Crippen LogP contribution in [0.5, 0.6) is 11.5 Å². The van der Waals surface area contributed by atoms with Gasteiger partial charge < -0.3 is 24.5 Å². The Kier molecular flexibility index (Phi) is 5.36. The van der Waals surface area contributed by atoms with Crippen LogP contribution in [0.15, 0.2) is 12.1 Å². The predicted octanol–water partition coefficient (Wildman–Crippen LogP) is 2.99. The molecule has 8 heteroatoms. The molecule has 3 heterocycles. The number of carbonyl (C=O) groups is 2. The molecule has 1 fully saturated rings. The van der Waals surface area contributed by atoms with E-state index in [0.29, 0.717) is 39.9 Å². The number of fused-ring (bicyclic) bond motifs is 2. The number of likely N-dealkylation sites (tertiary alicyclic amines) is 1. The molecule has 1 amide bonds. The molecule has 0 unspecified atom stereocenters. The van der Waals surface area contributed by atoms with Gasteiger partial charge in [-0.05, 0) is 31.2 Å². The van der Waals surface area contributed by atoms with E-state index in [4.69, 9.17) is 14.2 Å². The molecule has 2 aliphatic rings. The monoisotopic (exact) mass is 401 g/mol. The molecular formula is C21H27N3O5. The molecule has 0 saturated carbocycles. The number of piperidine rings is 1. The summed E-state index contributed by atoms with van der Waals surface area (Å²) in [6.07, 6.45) is 1.18. The lowest BCUT2D eigenvalue weighted by atomic mass is 9.92. The fraction of sp³-hybridized carbons (Fsp3) is 0.524. The number of nitrogens with zero attached hydrogens (tertiary/aromatic N) is 1. The SMILES string of the molecule is CCOC(=O)c1[nH]c2cc3c(cc2c1NC(=O)CN1C[C@@H](C)C[C@H](C)C1)OCO3. The van der Waals surface area contributed by atoms with E-state index in [1.807, 2.05) is 0 Å². The first-order chi connectivity index (χ1) is 13.9. The number of esters is 1. The van der Waals surface area contributed by atoms with Crippen LogP contribution in [0.3, 0.4) is 0 Å². The van der Waals surface area contributed by atoms with Gasteiger partial charge in [-0.1, -0.05) is 13.8 Å².